The molecule has 1 aliphatic rings. The third-order valence-electron chi connectivity index (χ3n) is 4.67. The van der Waals surface area contributed by atoms with Crippen LogP contribution in [0.1, 0.15) is 33.5 Å². The maximum Gasteiger partial charge on any atom is 0.253 e. The van der Waals surface area contributed by atoms with Gasteiger partial charge in [0.2, 0.25) is 0 Å². The van der Waals surface area contributed by atoms with E-state index in [1.54, 1.807) is 6.07 Å². The van der Waals surface area contributed by atoms with Gasteiger partial charge in [-0.15, -0.1) is 0 Å². The predicted molar refractivity (Wildman–Crippen MR) is 97.8 cm³/mol. The zero-order valence-electron chi connectivity index (χ0n) is 14.8. The minimum atomic E-state index is -0.285. The van der Waals surface area contributed by atoms with Gasteiger partial charge in [0.25, 0.3) is 11.8 Å². The van der Waals surface area contributed by atoms with Crippen LogP contribution in [0.3, 0.4) is 0 Å². The smallest absolute Gasteiger partial charge is 0.253 e. The Bertz CT molecular complexity index is 960. The van der Waals surface area contributed by atoms with Crippen molar-refractivity contribution in [1.29, 1.82) is 0 Å². The first-order chi connectivity index (χ1) is 12.0. The van der Waals surface area contributed by atoms with Gasteiger partial charge in [0, 0.05) is 12.1 Å². The Morgan fingerprint density at radius 1 is 1.16 bits per heavy atom. The molecule has 1 heterocycles. The number of benzene rings is 2. The summed E-state index contributed by atoms with van der Waals surface area (Å²) in [6, 6.07) is 11.5. The van der Waals surface area contributed by atoms with Crippen LogP contribution in [0.25, 0.3) is 6.08 Å². The second-order valence-electron chi connectivity index (χ2n) is 6.58. The van der Waals surface area contributed by atoms with Gasteiger partial charge in [-0.1, -0.05) is 35.9 Å². The lowest BCUT2D eigenvalue weighted by Crippen LogP contribution is -2.37. The molecule has 1 atom stereocenters. The summed E-state index contributed by atoms with van der Waals surface area (Å²) in [5.74, 6) is -0.533. The van der Waals surface area contributed by atoms with Crippen molar-refractivity contribution in [2.75, 3.05) is 6.54 Å². The number of aryl methyl sites for hydroxylation is 2. The largest absolute Gasteiger partial charge is 0.352 e. The Morgan fingerprint density at radius 3 is 2.72 bits per heavy atom. The highest BCUT2D eigenvalue weighted by Gasteiger charge is 2.19. The van der Waals surface area contributed by atoms with Gasteiger partial charge in [0.1, 0.15) is 0 Å². The first-order valence-electron chi connectivity index (χ1n) is 8.51. The Morgan fingerprint density at radius 2 is 1.96 bits per heavy atom. The molecule has 2 aromatic carbocycles. The second-order valence-corrected chi connectivity index (χ2v) is 6.58. The summed E-state index contributed by atoms with van der Waals surface area (Å²) in [6.45, 7) is 6.40. The van der Waals surface area contributed by atoms with E-state index in [0.29, 0.717) is 18.5 Å². The van der Waals surface area contributed by atoms with Crippen molar-refractivity contribution in [3.05, 3.63) is 69.2 Å². The van der Waals surface area contributed by atoms with Gasteiger partial charge in [0.05, 0.1) is 11.3 Å². The van der Waals surface area contributed by atoms with Crippen LogP contribution >= 0.6 is 0 Å². The first-order valence-corrected chi connectivity index (χ1v) is 8.51. The number of amides is 2. The number of carbonyl (C=O) groups excluding carboxylic acids is 2. The second kappa shape index (κ2) is 7.01. The van der Waals surface area contributed by atoms with E-state index in [1.165, 1.54) is 0 Å². The number of fused-ring (bicyclic) bond motifs is 1. The topological polar surface area (TPSA) is 58.5 Å². The van der Waals surface area contributed by atoms with Crippen LogP contribution in [0.5, 0.6) is 0 Å². The van der Waals surface area contributed by atoms with Crippen molar-refractivity contribution in [1.82, 2.24) is 5.32 Å². The molecule has 4 nitrogen and oxygen atoms in total. The molecule has 0 saturated heterocycles. The molecule has 0 spiro atoms. The summed E-state index contributed by atoms with van der Waals surface area (Å²) in [5, 5.41) is 4.67. The highest BCUT2D eigenvalue weighted by molar-refractivity contribution is 5.94. The SMILES string of the molecule is Cc1cccc(C(=O)NCCC2C=c3ccc(C)c(C)c3=NC2=O)c1. The molecule has 25 heavy (non-hydrogen) atoms. The molecule has 0 fully saturated rings. The third-order valence-corrected chi connectivity index (χ3v) is 4.67. The Labute approximate surface area is 147 Å². The minimum absolute atomic E-state index is 0.115. The van der Waals surface area contributed by atoms with Gasteiger partial charge in [-0.3, -0.25) is 9.59 Å². The fraction of sp³-hybridized carbons (Fsp3) is 0.286. The zero-order valence-corrected chi connectivity index (χ0v) is 14.8. The van der Waals surface area contributed by atoms with Gasteiger partial charge < -0.3 is 5.32 Å². The molecule has 2 aromatic rings. The first kappa shape index (κ1) is 17.1. The van der Waals surface area contributed by atoms with Gasteiger partial charge in [-0.25, -0.2) is 4.99 Å². The van der Waals surface area contributed by atoms with E-state index in [-0.39, 0.29) is 17.7 Å². The van der Waals surface area contributed by atoms with Gasteiger partial charge >= 0.3 is 0 Å². The Balaban J connectivity index is 1.68. The summed E-state index contributed by atoms with van der Waals surface area (Å²) >= 11 is 0. The Hall–Kier alpha value is -2.75. The molecule has 0 radical (unpaired) electrons. The molecule has 0 aliphatic carbocycles. The molecule has 1 N–H and O–H groups in total. The predicted octanol–water partition coefficient (Wildman–Crippen LogP) is 1.99. The number of nitrogens with one attached hydrogen (secondary N) is 1. The summed E-state index contributed by atoms with van der Waals surface area (Å²) in [4.78, 5) is 28.7. The van der Waals surface area contributed by atoms with Crippen molar-refractivity contribution < 1.29 is 9.59 Å². The molecule has 2 amide bonds. The molecular formula is C21H22N2O2. The lowest BCUT2D eigenvalue weighted by molar-refractivity contribution is -0.120. The van der Waals surface area contributed by atoms with E-state index in [9.17, 15) is 9.59 Å². The van der Waals surface area contributed by atoms with Gasteiger partial charge in [0.15, 0.2) is 0 Å². The molecule has 1 unspecified atom stereocenters. The molecule has 1 aliphatic heterocycles. The lowest BCUT2D eigenvalue weighted by Gasteiger charge is -2.14. The molecule has 3 rings (SSSR count). The van der Waals surface area contributed by atoms with E-state index in [4.69, 9.17) is 0 Å². The van der Waals surface area contributed by atoms with Crippen LogP contribution in [-0.2, 0) is 4.79 Å². The third kappa shape index (κ3) is 3.68. The van der Waals surface area contributed by atoms with Crippen LogP contribution in [0.15, 0.2) is 41.4 Å². The summed E-state index contributed by atoms with van der Waals surface area (Å²) in [7, 11) is 0. The molecule has 128 valence electrons. The monoisotopic (exact) mass is 334 g/mol. The summed E-state index contributed by atoms with van der Waals surface area (Å²) < 4.78 is 0. The van der Waals surface area contributed by atoms with Crippen LogP contribution in [0, 0.1) is 26.7 Å². The zero-order chi connectivity index (χ0) is 18.0. The maximum absolute atomic E-state index is 12.3. The van der Waals surface area contributed by atoms with Crippen molar-refractivity contribution in [2.24, 2.45) is 10.9 Å². The number of nitrogens with zero attached hydrogens (tertiary/aromatic N) is 1. The van der Waals surface area contributed by atoms with E-state index in [1.807, 2.05) is 57.2 Å². The van der Waals surface area contributed by atoms with E-state index in [0.717, 1.165) is 27.3 Å². The molecule has 4 heteroatoms. The van der Waals surface area contributed by atoms with Crippen molar-refractivity contribution in [3.63, 3.8) is 0 Å². The highest BCUT2D eigenvalue weighted by atomic mass is 16.2. The average Bonchev–Trinajstić information content (AvgIpc) is 2.59. The van der Waals surface area contributed by atoms with E-state index < -0.39 is 0 Å². The van der Waals surface area contributed by atoms with E-state index >= 15 is 0 Å². The number of carbonyl (C=O) groups is 2. The van der Waals surface area contributed by atoms with Gasteiger partial charge in [-0.2, -0.15) is 0 Å². The number of rotatable bonds is 4. The molecule has 0 bridgehead atoms. The van der Waals surface area contributed by atoms with Crippen molar-refractivity contribution in [2.45, 2.75) is 27.2 Å². The standard InChI is InChI=1S/C21H22N2O2/c1-13-5-4-6-17(11-13)20(24)22-10-9-18-12-16-8-7-14(2)15(3)19(16)23-21(18)25/h4-8,11-12,18H,9-10H2,1-3H3,(H,22,24). The van der Waals surface area contributed by atoms with Crippen LogP contribution in [0.4, 0.5) is 0 Å². The summed E-state index contributed by atoms with van der Waals surface area (Å²) in [6.07, 6.45) is 2.52. The maximum atomic E-state index is 12.3. The normalized spacial score (nSPS) is 15.8. The average molecular weight is 334 g/mol. The van der Waals surface area contributed by atoms with Crippen LogP contribution in [-0.4, -0.2) is 18.4 Å². The van der Waals surface area contributed by atoms with E-state index in [2.05, 4.69) is 10.3 Å². The summed E-state index contributed by atoms with van der Waals surface area (Å²) in [5.41, 5.74) is 3.87. The fourth-order valence-electron chi connectivity index (χ4n) is 3.02. The molecular weight excluding hydrogens is 312 g/mol. The van der Waals surface area contributed by atoms with Crippen molar-refractivity contribution >= 4 is 17.9 Å². The fourth-order valence-corrected chi connectivity index (χ4v) is 3.02. The quantitative estimate of drug-likeness (QED) is 0.929. The molecule has 0 aromatic heterocycles. The van der Waals surface area contributed by atoms with Crippen LogP contribution < -0.4 is 15.9 Å². The highest BCUT2D eigenvalue weighted by Crippen LogP contribution is 2.10. The lowest BCUT2D eigenvalue weighted by atomic mass is 9.98. The molecule has 0 saturated carbocycles. The minimum Gasteiger partial charge on any atom is -0.352 e. The van der Waals surface area contributed by atoms with Crippen LogP contribution in [0.2, 0.25) is 0 Å². The van der Waals surface area contributed by atoms with Crippen molar-refractivity contribution in [3.8, 4) is 0 Å². The number of hydrogen-bond acceptors (Lipinski definition) is 2. The number of hydrogen-bond donors (Lipinski definition) is 1. The van der Waals surface area contributed by atoms with Gasteiger partial charge in [-0.05, 0) is 55.7 Å². The Kier molecular flexibility index (Phi) is 4.79.